The molecule has 0 spiro atoms. The highest BCUT2D eigenvalue weighted by atomic mass is 16.3. The molecule has 11 heavy (non-hydrogen) atoms. The minimum absolute atomic E-state index is 0.0231. The molecule has 2 rings (SSSR count). The SMILES string of the molecule is N[C@@H]1c2cccn2C[C@@H]1CO. The third kappa shape index (κ3) is 0.886. The Labute approximate surface area is 65.4 Å². The van der Waals surface area contributed by atoms with Crippen molar-refractivity contribution in [2.45, 2.75) is 12.6 Å². The van der Waals surface area contributed by atoms with Gasteiger partial charge in [-0.1, -0.05) is 0 Å². The summed E-state index contributed by atoms with van der Waals surface area (Å²) in [5.74, 6) is 0.214. The largest absolute Gasteiger partial charge is 0.396 e. The van der Waals surface area contributed by atoms with E-state index in [-0.39, 0.29) is 18.6 Å². The minimum Gasteiger partial charge on any atom is -0.396 e. The van der Waals surface area contributed by atoms with E-state index in [4.69, 9.17) is 10.8 Å². The first kappa shape index (κ1) is 6.88. The molecule has 3 N–H and O–H groups in total. The van der Waals surface area contributed by atoms with Gasteiger partial charge in [0, 0.05) is 31.0 Å². The third-order valence-corrected chi connectivity index (χ3v) is 2.38. The molecule has 1 aromatic rings. The lowest BCUT2D eigenvalue weighted by atomic mass is 10.0. The van der Waals surface area contributed by atoms with Crippen molar-refractivity contribution in [3.05, 3.63) is 24.0 Å². The molecule has 2 atom stereocenters. The summed E-state index contributed by atoms with van der Waals surface area (Å²) in [5, 5.41) is 8.93. The summed E-state index contributed by atoms with van der Waals surface area (Å²) in [7, 11) is 0. The number of nitrogens with two attached hydrogens (primary N) is 1. The molecule has 1 aliphatic rings. The van der Waals surface area contributed by atoms with Gasteiger partial charge in [-0.15, -0.1) is 0 Å². The molecule has 0 saturated heterocycles. The fourth-order valence-corrected chi connectivity index (χ4v) is 1.68. The highest BCUT2D eigenvalue weighted by molar-refractivity contribution is 5.16. The van der Waals surface area contributed by atoms with Crippen LogP contribution in [0.5, 0.6) is 0 Å². The van der Waals surface area contributed by atoms with Crippen LogP contribution in [-0.4, -0.2) is 16.3 Å². The van der Waals surface area contributed by atoms with E-state index in [1.807, 2.05) is 18.3 Å². The summed E-state index contributed by atoms with van der Waals surface area (Å²) in [4.78, 5) is 0. The van der Waals surface area contributed by atoms with E-state index in [2.05, 4.69) is 4.57 Å². The highest BCUT2D eigenvalue weighted by Crippen LogP contribution is 2.28. The minimum atomic E-state index is 0.0231. The Kier molecular flexibility index (Phi) is 1.47. The maximum atomic E-state index is 8.93. The second-order valence-electron chi connectivity index (χ2n) is 3.05. The molecule has 3 nitrogen and oxygen atoms in total. The molecule has 1 aromatic heterocycles. The molecule has 0 aliphatic carbocycles. The summed E-state index contributed by atoms with van der Waals surface area (Å²) in [6.45, 7) is 1.04. The topological polar surface area (TPSA) is 51.2 Å². The zero-order chi connectivity index (χ0) is 7.84. The predicted molar refractivity (Wildman–Crippen MR) is 41.9 cm³/mol. The van der Waals surface area contributed by atoms with Crippen LogP contribution in [0.4, 0.5) is 0 Å². The number of aliphatic hydroxyl groups is 1. The number of aliphatic hydroxyl groups excluding tert-OH is 1. The van der Waals surface area contributed by atoms with Crippen LogP contribution < -0.4 is 5.73 Å². The van der Waals surface area contributed by atoms with Crippen LogP contribution in [0.3, 0.4) is 0 Å². The van der Waals surface area contributed by atoms with Gasteiger partial charge in [0.1, 0.15) is 0 Å². The fraction of sp³-hybridized carbons (Fsp3) is 0.500. The molecule has 0 bridgehead atoms. The van der Waals surface area contributed by atoms with Crippen molar-refractivity contribution in [3.8, 4) is 0 Å². The molecule has 0 aromatic carbocycles. The fourth-order valence-electron chi connectivity index (χ4n) is 1.68. The first-order chi connectivity index (χ1) is 5.33. The Bertz CT molecular complexity index is 256. The number of aromatic nitrogens is 1. The Hall–Kier alpha value is -0.800. The van der Waals surface area contributed by atoms with E-state index >= 15 is 0 Å². The van der Waals surface area contributed by atoms with Crippen molar-refractivity contribution in [2.75, 3.05) is 6.61 Å². The molecule has 0 amide bonds. The molecule has 0 saturated carbocycles. The van der Waals surface area contributed by atoms with Gasteiger partial charge in [0.15, 0.2) is 0 Å². The molecular weight excluding hydrogens is 140 g/mol. The van der Waals surface area contributed by atoms with Gasteiger partial charge in [-0.25, -0.2) is 0 Å². The lowest BCUT2D eigenvalue weighted by molar-refractivity contribution is 0.207. The van der Waals surface area contributed by atoms with Gasteiger partial charge >= 0.3 is 0 Å². The molecule has 2 heterocycles. The number of nitrogens with zero attached hydrogens (tertiary/aromatic N) is 1. The zero-order valence-electron chi connectivity index (χ0n) is 6.27. The van der Waals surface area contributed by atoms with Crippen molar-refractivity contribution in [1.82, 2.24) is 4.57 Å². The van der Waals surface area contributed by atoms with Crippen molar-refractivity contribution in [2.24, 2.45) is 11.7 Å². The number of fused-ring (bicyclic) bond motifs is 1. The number of hydrogen-bond acceptors (Lipinski definition) is 2. The van der Waals surface area contributed by atoms with Gasteiger partial charge in [-0.05, 0) is 12.1 Å². The van der Waals surface area contributed by atoms with E-state index < -0.39 is 0 Å². The van der Waals surface area contributed by atoms with Crippen molar-refractivity contribution in [3.63, 3.8) is 0 Å². The average molecular weight is 152 g/mol. The first-order valence-electron chi connectivity index (χ1n) is 3.84. The highest BCUT2D eigenvalue weighted by Gasteiger charge is 2.28. The van der Waals surface area contributed by atoms with Crippen LogP contribution in [0.15, 0.2) is 18.3 Å². The van der Waals surface area contributed by atoms with Crippen LogP contribution in [0.1, 0.15) is 11.7 Å². The van der Waals surface area contributed by atoms with Crippen LogP contribution in [0, 0.1) is 5.92 Å². The zero-order valence-corrected chi connectivity index (χ0v) is 6.27. The van der Waals surface area contributed by atoms with Crippen molar-refractivity contribution in [1.29, 1.82) is 0 Å². The summed E-state index contributed by atoms with van der Waals surface area (Å²) in [6, 6.07) is 4.03. The van der Waals surface area contributed by atoms with Crippen LogP contribution >= 0.6 is 0 Å². The Balaban J connectivity index is 2.30. The molecule has 0 radical (unpaired) electrons. The quantitative estimate of drug-likeness (QED) is 0.600. The maximum absolute atomic E-state index is 8.93. The summed E-state index contributed by atoms with van der Waals surface area (Å²) in [5.41, 5.74) is 7.01. The molecule has 1 aliphatic heterocycles. The predicted octanol–water partition coefficient (Wildman–Crippen LogP) is 0.110. The normalized spacial score (nSPS) is 28.9. The van der Waals surface area contributed by atoms with E-state index in [1.54, 1.807) is 0 Å². The second kappa shape index (κ2) is 2.36. The maximum Gasteiger partial charge on any atom is 0.0517 e. The third-order valence-electron chi connectivity index (χ3n) is 2.38. The van der Waals surface area contributed by atoms with Gasteiger partial charge in [-0.3, -0.25) is 0 Å². The molecule has 60 valence electrons. The molecule has 0 unspecified atom stereocenters. The summed E-state index contributed by atoms with van der Waals surface area (Å²) in [6.07, 6.45) is 2.00. The van der Waals surface area contributed by atoms with Gasteiger partial charge in [0.2, 0.25) is 0 Å². The summed E-state index contributed by atoms with van der Waals surface area (Å²) < 4.78 is 2.10. The van der Waals surface area contributed by atoms with Gasteiger partial charge < -0.3 is 15.4 Å². The van der Waals surface area contributed by atoms with Gasteiger partial charge in [0.25, 0.3) is 0 Å². The van der Waals surface area contributed by atoms with Gasteiger partial charge in [0.05, 0.1) is 6.04 Å². The summed E-state index contributed by atoms with van der Waals surface area (Å²) >= 11 is 0. The second-order valence-corrected chi connectivity index (χ2v) is 3.05. The van der Waals surface area contributed by atoms with Crippen molar-refractivity contribution >= 4 is 0 Å². The lowest BCUT2D eigenvalue weighted by Gasteiger charge is -2.09. The Morgan fingerprint density at radius 2 is 2.55 bits per heavy atom. The van der Waals surface area contributed by atoms with Crippen molar-refractivity contribution < 1.29 is 5.11 Å². The monoisotopic (exact) mass is 152 g/mol. The Morgan fingerprint density at radius 3 is 3.18 bits per heavy atom. The Morgan fingerprint density at radius 1 is 1.73 bits per heavy atom. The number of rotatable bonds is 1. The number of hydrogen-bond donors (Lipinski definition) is 2. The molecule has 0 fully saturated rings. The van der Waals surface area contributed by atoms with E-state index in [0.717, 1.165) is 12.2 Å². The first-order valence-corrected chi connectivity index (χ1v) is 3.84. The standard InChI is InChI=1S/C8H12N2O/c9-8-6(5-11)4-10-3-1-2-7(8)10/h1-3,6,8,11H,4-5,9H2/t6-,8+/m1/s1. The van der Waals surface area contributed by atoms with E-state index in [1.165, 1.54) is 0 Å². The van der Waals surface area contributed by atoms with E-state index in [9.17, 15) is 0 Å². The van der Waals surface area contributed by atoms with E-state index in [0.29, 0.717) is 0 Å². The lowest BCUT2D eigenvalue weighted by Crippen LogP contribution is -2.19. The van der Waals surface area contributed by atoms with Crippen LogP contribution in [0.2, 0.25) is 0 Å². The molecule has 3 heteroatoms. The smallest absolute Gasteiger partial charge is 0.0517 e. The van der Waals surface area contributed by atoms with Gasteiger partial charge in [-0.2, -0.15) is 0 Å². The molecular formula is C8H12N2O. The van der Waals surface area contributed by atoms with Crippen LogP contribution in [-0.2, 0) is 6.54 Å². The van der Waals surface area contributed by atoms with Crippen LogP contribution in [0.25, 0.3) is 0 Å². The average Bonchev–Trinajstić information content (AvgIpc) is 2.53.